The molecule has 1 N–H and O–H groups in total. The fraction of sp³-hybridized carbons (Fsp3) is 0.125. The zero-order chi connectivity index (χ0) is 21.6. The number of rotatable bonds is 6. The zero-order valence-corrected chi connectivity index (χ0v) is 16.5. The Morgan fingerprint density at radius 1 is 0.806 bits per heavy atom. The SMILES string of the molecule is O=C(COC(=O)c1ccc2c(c1)OCCO2)Nc1ccccc1C(=O)c1ccccc1. The Labute approximate surface area is 178 Å². The van der Waals surface area contributed by atoms with Gasteiger partial charge in [0.2, 0.25) is 0 Å². The van der Waals surface area contributed by atoms with Gasteiger partial charge < -0.3 is 19.5 Å². The van der Waals surface area contributed by atoms with Gasteiger partial charge in [0.25, 0.3) is 5.91 Å². The Balaban J connectivity index is 1.39. The number of ether oxygens (including phenoxy) is 3. The van der Waals surface area contributed by atoms with Crippen molar-refractivity contribution in [2.45, 2.75) is 0 Å². The summed E-state index contributed by atoms with van der Waals surface area (Å²) < 4.78 is 16.0. The molecule has 1 aliphatic heterocycles. The van der Waals surface area contributed by atoms with Crippen molar-refractivity contribution in [1.29, 1.82) is 0 Å². The number of amides is 1. The standard InChI is InChI=1S/C24H19NO6/c26-22(15-31-24(28)17-10-11-20-21(14-17)30-13-12-29-20)25-19-9-5-4-8-18(19)23(27)16-6-2-1-3-7-16/h1-11,14H,12-13,15H2,(H,25,26). The number of esters is 1. The Hall–Kier alpha value is -4.13. The molecule has 3 aromatic rings. The maximum atomic E-state index is 12.8. The second-order valence-corrected chi connectivity index (χ2v) is 6.72. The minimum Gasteiger partial charge on any atom is -0.486 e. The van der Waals surface area contributed by atoms with Gasteiger partial charge in [0.05, 0.1) is 11.3 Å². The van der Waals surface area contributed by atoms with E-state index in [1.165, 1.54) is 6.07 Å². The van der Waals surface area contributed by atoms with Gasteiger partial charge in [-0.05, 0) is 30.3 Å². The largest absolute Gasteiger partial charge is 0.486 e. The van der Waals surface area contributed by atoms with Gasteiger partial charge in [0, 0.05) is 11.1 Å². The van der Waals surface area contributed by atoms with Crippen LogP contribution in [0.2, 0.25) is 0 Å². The molecule has 0 fully saturated rings. The molecule has 31 heavy (non-hydrogen) atoms. The summed E-state index contributed by atoms with van der Waals surface area (Å²) in [5.74, 6) is -0.427. The van der Waals surface area contributed by atoms with Crippen molar-refractivity contribution in [3.63, 3.8) is 0 Å². The molecule has 0 radical (unpaired) electrons. The van der Waals surface area contributed by atoms with Gasteiger partial charge in [-0.3, -0.25) is 9.59 Å². The molecule has 1 amide bonds. The van der Waals surface area contributed by atoms with Crippen LogP contribution in [0.1, 0.15) is 26.3 Å². The van der Waals surface area contributed by atoms with Crippen LogP contribution < -0.4 is 14.8 Å². The van der Waals surface area contributed by atoms with Crippen molar-refractivity contribution in [3.8, 4) is 11.5 Å². The van der Waals surface area contributed by atoms with Crippen LogP contribution in [0.4, 0.5) is 5.69 Å². The first-order chi connectivity index (χ1) is 15.1. The Bertz CT molecular complexity index is 1130. The number of fused-ring (bicyclic) bond motifs is 1. The van der Waals surface area contributed by atoms with E-state index in [1.807, 2.05) is 6.07 Å². The summed E-state index contributed by atoms with van der Waals surface area (Å²) in [5, 5.41) is 2.64. The van der Waals surface area contributed by atoms with Gasteiger partial charge in [0.1, 0.15) is 13.2 Å². The fourth-order valence-electron chi connectivity index (χ4n) is 3.11. The minimum atomic E-state index is -0.666. The first-order valence-corrected chi connectivity index (χ1v) is 9.67. The van der Waals surface area contributed by atoms with Crippen molar-refractivity contribution < 1.29 is 28.6 Å². The molecule has 0 aliphatic carbocycles. The number of hydrogen-bond acceptors (Lipinski definition) is 6. The molecule has 0 aromatic heterocycles. The van der Waals surface area contributed by atoms with Gasteiger partial charge in [-0.15, -0.1) is 0 Å². The van der Waals surface area contributed by atoms with E-state index in [9.17, 15) is 14.4 Å². The monoisotopic (exact) mass is 417 g/mol. The molecule has 0 saturated heterocycles. The Morgan fingerprint density at radius 3 is 2.32 bits per heavy atom. The van der Waals surface area contributed by atoms with Crippen LogP contribution >= 0.6 is 0 Å². The lowest BCUT2D eigenvalue weighted by molar-refractivity contribution is -0.119. The molecule has 7 heteroatoms. The number of carbonyl (C=O) groups is 3. The first kappa shape index (κ1) is 20.2. The highest BCUT2D eigenvalue weighted by Crippen LogP contribution is 2.31. The third-order valence-electron chi connectivity index (χ3n) is 4.59. The molecular formula is C24H19NO6. The maximum absolute atomic E-state index is 12.8. The van der Waals surface area contributed by atoms with E-state index in [0.717, 1.165) is 0 Å². The average Bonchev–Trinajstić information content (AvgIpc) is 2.82. The van der Waals surface area contributed by atoms with Crippen LogP contribution in [0.25, 0.3) is 0 Å². The van der Waals surface area contributed by atoms with Crippen molar-refractivity contribution in [2.24, 2.45) is 0 Å². The predicted molar refractivity (Wildman–Crippen MR) is 113 cm³/mol. The molecule has 156 valence electrons. The van der Waals surface area contributed by atoms with Gasteiger partial charge >= 0.3 is 5.97 Å². The molecule has 4 rings (SSSR count). The van der Waals surface area contributed by atoms with E-state index in [4.69, 9.17) is 14.2 Å². The number of carbonyl (C=O) groups excluding carboxylic acids is 3. The minimum absolute atomic E-state index is 0.218. The van der Waals surface area contributed by atoms with E-state index >= 15 is 0 Å². The molecule has 0 bridgehead atoms. The summed E-state index contributed by atoms with van der Waals surface area (Å²) in [6, 6.07) is 20.1. The number of benzene rings is 3. The lowest BCUT2D eigenvalue weighted by Gasteiger charge is -2.18. The molecule has 0 atom stereocenters. The normalized spacial score (nSPS) is 12.0. The number of anilines is 1. The molecule has 1 aliphatic rings. The van der Waals surface area contributed by atoms with E-state index in [0.29, 0.717) is 41.5 Å². The molecular weight excluding hydrogens is 398 g/mol. The number of hydrogen-bond donors (Lipinski definition) is 1. The van der Waals surface area contributed by atoms with Crippen molar-refractivity contribution in [1.82, 2.24) is 0 Å². The summed E-state index contributed by atoms with van der Waals surface area (Å²) in [6.45, 7) is 0.349. The van der Waals surface area contributed by atoms with Gasteiger partial charge in [-0.1, -0.05) is 42.5 Å². The predicted octanol–water partition coefficient (Wildman–Crippen LogP) is 3.48. The summed E-state index contributed by atoms with van der Waals surface area (Å²) >= 11 is 0. The van der Waals surface area contributed by atoms with Crippen LogP contribution in [-0.2, 0) is 9.53 Å². The topological polar surface area (TPSA) is 90.9 Å². The van der Waals surface area contributed by atoms with Crippen LogP contribution in [0.3, 0.4) is 0 Å². The van der Waals surface area contributed by atoms with Gasteiger partial charge in [-0.2, -0.15) is 0 Å². The van der Waals surface area contributed by atoms with Gasteiger partial charge in [0.15, 0.2) is 23.9 Å². The van der Waals surface area contributed by atoms with Gasteiger partial charge in [-0.25, -0.2) is 4.79 Å². The van der Waals surface area contributed by atoms with Crippen LogP contribution in [0, 0.1) is 0 Å². The molecule has 0 unspecified atom stereocenters. The second-order valence-electron chi connectivity index (χ2n) is 6.72. The third kappa shape index (κ3) is 4.72. The molecule has 0 spiro atoms. The summed E-state index contributed by atoms with van der Waals surface area (Å²) in [5.41, 5.74) is 1.45. The van der Waals surface area contributed by atoms with Crippen LogP contribution in [0.15, 0.2) is 72.8 Å². The number of ketones is 1. The quantitative estimate of drug-likeness (QED) is 0.488. The first-order valence-electron chi connectivity index (χ1n) is 9.67. The number of nitrogens with one attached hydrogen (secondary N) is 1. The van der Waals surface area contributed by atoms with Crippen LogP contribution in [-0.4, -0.2) is 37.5 Å². The summed E-state index contributed by atoms with van der Waals surface area (Å²) in [4.78, 5) is 37.4. The molecule has 1 heterocycles. The van der Waals surface area contributed by atoms with Crippen molar-refractivity contribution >= 4 is 23.3 Å². The Kier molecular flexibility index (Phi) is 5.93. The highest BCUT2D eigenvalue weighted by molar-refractivity contribution is 6.14. The summed E-state index contributed by atoms with van der Waals surface area (Å²) in [6.07, 6.45) is 0. The van der Waals surface area contributed by atoms with E-state index in [1.54, 1.807) is 60.7 Å². The fourth-order valence-corrected chi connectivity index (χ4v) is 3.11. The smallest absolute Gasteiger partial charge is 0.338 e. The average molecular weight is 417 g/mol. The molecule has 3 aromatic carbocycles. The molecule has 0 saturated carbocycles. The highest BCUT2D eigenvalue weighted by atomic mass is 16.6. The second kappa shape index (κ2) is 9.13. The maximum Gasteiger partial charge on any atom is 0.338 e. The summed E-state index contributed by atoms with van der Waals surface area (Å²) in [7, 11) is 0. The van der Waals surface area contributed by atoms with Crippen LogP contribution in [0.5, 0.6) is 11.5 Å². The third-order valence-corrected chi connectivity index (χ3v) is 4.59. The van der Waals surface area contributed by atoms with E-state index in [-0.39, 0.29) is 11.3 Å². The van der Waals surface area contributed by atoms with Crippen molar-refractivity contribution in [2.75, 3.05) is 25.1 Å². The van der Waals surface area contributed by atoms with Crippen molar-refractivity contribution in [3.05, 3.63) is 89.5 Å². The van der Waals surface area contributed by atoms with E-state index in [2.05, 4.69) is 5.32 Å². The molecule has 7 nitrogen and oxygen atoms in total. The van der Waals surface area contributed by atoms with E-state index < -0.39 is 18.5 Å². The Morgan fingerprint density at radius 2 is 1.52 bits per heavy atom. The highest BCUT2D eigenvalue weighted by Gasteiger charge is 2.18. The lowest BCUT2D eigenvalue weighted by Crippen LogP contribution is -2.22. The number of para-hydroxylation sites is 1. The zero-order valence-electron chi connectivity index (χ0n) is 16.5. The lowest BCUT2D eigenvalue weighted by atomic mass is 10.0.